The third-order valence-electron chi connectivity index (χ3n) is 3.18. The standard InChI is InChI=1S/C14H16O6/c1-2-14(8-17-12(15)18-9-14)10-19-13(16)20-11-6-4-3-5-7-11/h3-7H,2,8-10H2,1H3. The van der Waals surface area contributed by atoms with Crippen molar-refractivity contribution in [1.29, 1.82) is 0 Å². The summed E-state index contributed by atoms with van der Waals surface area (Å²) in [5, 5.41) is 0. The van der Waals surface area contributed by atoms with Crippen LogP contribution in [0.2, 0.25) is 0 Å². The Morgan fingerprint density at radius 3 is 2.50 bits per heavy atom. The molecule has 0 bridgehead atoms. The van der Waals surface area contributed by atoms with Gasteiger partial charge in [0.2, 0.25) is 0 Å². The molecule has 0 spiro atoms. The summed E-state index contributed by atoms with van der Waals surface area (Å²) < 4.78 is 19.8. The molecule has 1 aromatic rings. The van der Waals surface area contributed by atoms with Crippen LogP contribution >= 0.6 is 0 Å². The first kappa shape index (κ1) is 14.2. The molecule has 1 heterocycles. The first-order valence-corrected chi connectivity index (χ1v) is 6.33. The Hall–Kier alpha value is -2.24. The molecule has 1 aliphatic heterocycles. The van der Waals surface area contributed by atoms with Gasteiger partial charge in [-0.15, -0.1) is 0 Å². The van der Waals surface area contributed by atoms with E-state index in [0.29, 0.717) is 12.2 Å². The van der Waals surface area contributed by atoms with Gasteiger partial charge in [-0.25, -0.2) is 9.59 Å². The first-order valence-electron chi connectivity index (χ1n) is 6.33. The van der Waals surface area contributed by atoms with E-state index in [1.54, 1.807) is 24.3 Å². The highest BCUT2D eigenvalue weighted by Gasteiger charge is 2.38. The van der Waals surface area contributed by atoms with Crippen LogP contribution in [-0.2, 0) is 14.2 Å². The van der Waals surface area contributed by atoms with Crippen LogP contribution in [0.25, 0.3) is 0 Å². The van der Waals surface area contributed by atoms with E-state index >= 15 is 0 Å². The van der Waals surface area contributed by atoms with Crippen LogP contribution in [0.1, 0.15) is 13.3 Å². The highest BCUT2D eigenvalue weighted by Crippen LogP contribution is 2.27. The molecule has 1 saturated heterocycles. The lowest BCUT2D eigenvalue weighted by atomic mass is 9.87. The number of hydrogen-bond donors (Lipinski definition) is 0. The molecule has 2 rings (SSSR count). The zero-order valence-electron chi connectivity index (χ0n) is 11.2. The zero-order valence-corrected chi connectivity index (χ0v) is 11.2. The van der Waals surface area contributed by atoms with Crippen molar-refractivity contribution in [2.45, 2.75) is 13.3 Å². The lowest BCUT2D eigenvalue weighted by molar-refractivity contribution is -0.0862. The van der Waals surface area contributed by atoms with Crippen LogP contribution in [0.4, 0.5) is 9.59 Å². The Balaban J connectivity index is 1.84. The van der Waals surface area contributed by atoms with Crippen LogP contribution < -0.4 is 4.74 Å². The molecule has 0 saturated carbocycles. The van der Waals surface area contributed by atoms with E-state index in [9.17, 15) is 9.59 Å². The summed E-state index contributed by atoms with van der Waals surface area (Å²) in [7, 11) is 0. The van der Waals surface area contributed by atoms with E-state index in [0.717, 1.165) is 0 Å². The number of cyclic esters (lactones) is 2. The molecule has 0 amide bonds. The fourth-order valence-electron chi connectivity index (χ4n) is 1.72. The summed E-state index contributed by atoms with van der Waals surface area (Å²) in [6.07, 6.45) is -0.833. The fraction of sp³-hybridized carbons (Fsp3) is 0.429. The van der Waals surface area contributed by atoms with Crippen molar-refractivity contribution in [3.8, 4) is 5.75 Å². The van der Waals surface area contributed by atoms with Crippen molar-refractivity contribution in [2.75, 3.05) is 19.8 Å². The molecule has 108 valence electrons. The summed E-state index contributed by atoms with van der Waals surface area (Å²) in [5.41, 5.74) is -0.510. The smallest absolute Gasteiger partial charge is 0.433 e. The van der Waals surface area contributed by atoms with Crippen LogP contribution in [0.15, 0.2) is 30.3 Å². The van der Waals surface area contributed by atoms with Crippen molar-refractivity contribution < 1.29 is 28.5 Å². The first-order chi connectivity index (χ1) is 9.63. The van der Waals surface area contributed by atoms with E-state index in [2.05, 4.69) is 0 Å². The van der Waals surface area contributed by atoms with Crippen molar-refractivity contribution >= 4 is 12.3 Å². The Morgan fingerprint density at radius 2 is 1.90 bits per heavy atom. The number of benzene rings is 1. The molecule has 0 aromatic heterocycles. The quantitative estimate of drug-likeness (QED) is 0.624. The topological polar surface area (TPSA) is 71.1 Å². The zero-order chi connectivity index (χ0) is 14.4. The Labute approximate surface area is 116 Å². The van der Waals surface area contributed by atoms with Gasteiger partial charge < -0.3 is 18.9 Å². The summed E-state index contributed by atoms with van der Waals surface area (Å²) >= 11 is 0. The van der Waals surface area contributed by atoms with E-state index < -0.39 is 17.7 Å². The fourth-order valence-corrected chi connectivity index (χ4v) is 1.72. The van der Waals surface area contributed by atoms with Gasteiger partial charge in [0.15, 0.2) is 0 Å². The predicted octanol–water partition coefficient (Wildman–Crippen LogP) is 2.77. The number of para-hydroxylation sites is 1. The number of ether oxygens (including phenoxy) is 4. The Bertz CT molecular complexity index is 460. The molecule has 0 N–H and O–H groups in total. The summed E-state index contributed by atoms with van der Waals surface area (Å²) in [5.74, 6) is 0.411. The summed E-state index contributed by atoms with van der Waals surface area (Å²) in [6, 6.07) is 8.64. The third-order valence-corrected chi connectivity index (χ3v) is 3.18. The molecule has 1 aromatic carbocycles. The maximum absolute atomic E-state index is 11.6. The monoisotopic (exact) mass is 280 g/mol. The van der Waals surface area contributed by atoms with Gasteiger partial charge in [0, 0.05) is 0 Å². The molecule has 0 unspecified atom stereocenters. The lowest BCUT2D eigenvalue weighted by Crippen LogP contribution is -2.43. The molecule has 0 radical (unpaired) electrons. The number of carbonyl (C=O) groups is 2. The Kier molecular flexibility index (Phi) is 4.45. The van der Waals surface area contributed by atoms with Gasteiger partial charge in [0.25, 0.3) is 0 Å². The van der Waals surface area contributed by atoms with Crippen LogP contribution in [0, 0.1) is 5.41 Å². The number of rotatable bonds is 4. The van der Waals surface area contributed by atoms with Crippen LogP contribution in [0.3, 0.4) is 0 Å². The van der Waals surface area contributed by atoms with Gasteiger partial charge in [0.1, 0.15) is 25.6 Å². The van der Waals surface area contributed by atoms with Gasteiger partial charge in [-0.1, -0.05) is 25.1 Å². The second-order valence-corrected chi connectivity index (χ2v) is 4.63. The SMILES string of the molecule is CCC1(COC(=O)Oc2ccccc2)COC(=O)OC1. The van der Waals surface area contributed by atoms with Crippen LogP contribution in [0.5, 0.6) is 5.75 Å². The van der Waals surface area contributed by atoms with Gasteiger partial charge in [-0.2, -0.15) is 0 Å². The van der Waals surface area contributed by atoms with Gasteiger partial charge in [-0.05, 0) is 18.6 Å². The van der Waals surface area contributed by atoms with Crippen molar-refractivity contribution in [3.05, 3.63) is 30.3 Å². The largest absolute Gasteiger partial charge is 0.513 e. The molecule has 20 heavy (non-hydrogen) atoms. The minimum atomic E-state index is -0.791. The molecule has 6 nitrogen and oxygen atoms in total. The molecule has 1 fully saturated rings. The number of carbonyl (C=O) groups excluding carboxylic acids is 2. The van der Waals surface area contributed by atoms with E-state index in [1.807, 2.05) is 13.0 Å². The van der Waals surface area contributed by atoms with Crippen molar-refractivity contribution in [3.63, 3.8) is 0 Å². The van der Waals surface area contributed by atoms with E-state index in [4.69, 9.17) is 18.9 Å². The van der Waals surface area contributed by atoms with Crippen molar-refractivity contribution in [1.82, 2.24) is 0 Å². The minimum Gasteiger partial charge on any atom is -0.433 e. The second-order valence-electron chi connectivity index (χ2n) is 4.63. The van der Waals surface area contributed by atoms with Gasteiger partial charge in [-0.3, -0.25) is 0 Å². The normalized spacial score (nSPS) is 16.8. The minimum absolute atomic E-state index is 0.0719. The highest BCUT2D eigenvalue weighted by molar-refractivity contribution is 5.64. The van der Waals surface area contributed by atoms with Gasteiger partial charge in [0.05, 0.1) is 5.41 Å². The number of hydrogen-bond acceptors (Lipinski definition) is 6. The summed E-state index contributed by atoms with van der Waals surface area (Å²) in [6.45, 7) is 2.32. The maximum Gasteiger partial charge on any atom is 0.513 e. The average molecular weight is 280 g/mol. The van der Waals surface area contributed by atoms with Crippen molar-refractivity contribution in [2.24, 2.45) is 5.41 Å². The lowest BCUT2D eigenvalue weighted by Gasteiger charge is -2.33. The predicted molar refractivity (Wildman–Crippen MR) is 68.4 cm³/mol. The third kappa shape index (κ3) is 3.63. The maximum atomic E-state index is 11.6. The molecule has 0 atom stereocenters. The van der Waals surface area contributed by atoms with E-state index in [1.165, 1.54) is 0 Å². The van der Waals surface area contributed by atoms with Crippen LogP contribution in [-0.4, -0.2) is 32.1 Å². The van der Waals surface area contributed by atoms with Gasteiger partial charge >= 0.3 is 12.3 Å². The molecule has 0 aliphatic carbocycles. The molecular formula is C14H16O6. The second kappa shape index (κ2) is 6.27. The molecule has 6 heteroatoms. The Morgan fingerprint density at radius 1 is 1.25 bits per heavy atom. The molecular weight excluding hydrogens is 264 g/mol. The highest BCUT2D eigenvalue weighted by atomic mass is 16.7. The average Bonchev–Trinajstić information content (AvgIpc) is 2.48. The van der Waals surface area contributed by atoms with E-state index in [-0.39, 0.29) is 19.8 Å². The molecule has 1 aliphatic rings. The summed E-state index contributed by atoms with van der Waals surface area (Å²) in [4.78, 5) is 22.5.